The van der Waals surface area contributed by atoms with Gasteiger partial charge in [-0.25, -0.2) is 0 Å². The van der Waals surface area contributed by atoms with Crippen molar-refractivity contribution < 1.29 is 0 Å². The number of nitrogens with zero attached hydrogens (tertiary/aromatic N) is 4. The second-order valence-electron chi connectivity index (χ2n) is 16.9. The van der Waals surface area contributed by atoms with E-state index >= 15 is 0 Å². The van der Waals surface area contributed by atoms with Crippen LogP contribution >= 0.6 is 11.8 Å². The first-order valence-corrected chi connectivity index (χ1v) is 22.2. The predicted octanol–water partition coefficient (Wildman–Crippen LogP) is 14.6. The van der Waals surface area contributed by atoms with Gasteiger partial charge in [0.1, 0.15) is 16.6 Å². The Hall–Kier alpha value is -7.47. The van der Waals surface area contributed by atoms with Crippen LogP contribution in [0.1, 0.15) is 18.1 Å². The van der Waals surface area contributed by atoms with Gasteiger partial charge in [-0.1, -0.05) is 157 Å². The summed E-state index contributed by atoms with van der Waals surface area (Å²) in [6, 6.07) is 71.1. The average Bonchev–Trinajstić information content (AvgIpc) is 3.95. The highest BCUT2D eigenvalue weighted by Gasteiger charge is 2.48. The van der Waals surface area contributed by atoms with Gasteiger partial charge in [-0.15, -0.1) is 0 Å². The largest absolute Gasteiger partial charge is 0.309 e. The minimum atomic E-state index is -0.592. The van der Waals surface area contributed by atoms with Crippen molar-refractivity contribution in [3.8, 4) is 5.69 Å². The summed E-state index contributed by atoms with van der Waals surface area (Å²) in [6.07, 6.45) is 0. The number of benzene rings is 10. The minimum absolute atomic E-state index is 0.138. The van der Waals surface area contributed by atoms with Crippen molar-refractivity contribution in [2.24, 2.45) is 9.98 Å². The van der Waals surface area contributed by atoms with Crippen LogP contribution in [0.25, 0.3) is 92.4 Å². The third-order valence-electron chi connectivity index (χ3n) is 13.6. The summed E-state index contributed by atoms with van der Waals surface area (Å²) >= 11 is 1.83. The zero-order chi connectivity index (χ0) is 40.7. The van der Waals surface area contributed by atoms with Crippen molar-refractivity contribution in [2.75, 3.05) is 0 Å². The lowest BCUT2D eigenvalue weighted by molar-refractivity contribution is 0.484. The minimum Gasteiger partial charge on any atom is -0.309 e. The molecule has 2 aromatic heterocycles. The van der Waals surface area contributed by atoms with Crippen LogP contribution in [0.3, 0.4) is 0 Å². The normalized spacial score (nSPS) is 17.5. The smallest absolute Gasteiger partial charge is 0.160 e. The molecule has 10 aromatic carbocycles. The molecule has 0 N–H and O–H groups in total. The molecule has 14 rings (SSSR count). The highest BCUT2D eigenvalue weighted by atomic mass is 32.2. The number of hydrogen-bond acceptors (Lipinski definition) is 3. The molecule has 0 aliphatic carbocycles. The van der Waals surface area contributed by atoms with Crippen molar-refractivity contribution in [1.29, 1.82) is 0 Å². The first-order valence-electron chi connectivity index (χ1n) is 21.4. The average molecular weight is 809 g/mol. The van der Waals surface area contributed by atoms with E-state index in [4.69, 9.17) is 9.98 Å². The van der Waals surface area contributed by atoms with Crippen molar-refractivity contribution in [1.82, 2.24) is 9.13 Å². The summed E-state index contributed by atoms with van der Waals surface area (Å²) in [4.78, 5) is 13.2. The van der Waals surface area contributed by atoms with Crippen molar-refractivity contribution >= 4 is 110 Å². The van der Waals surface area contributed by atoms with Gasteiger partial charge in [0.15, 0.2) is 5.84 Å². The maximum absolute atomic E-state index is 6.06. The van der Waals surface area contributed by atoms with Crippen LogP contribution in [-0.2, 0) is 5.54 Å². The molecular weight excluding hydrogens is 773 g/mol. The molecule has 0 amide bonds. The van der Waals surface area contributed by atoms with Gasteiger partial charge in [0.2, 0.25) is 0 Å². The molecule has 2 unspecified atom stereocenters. The van der Waals surface area contributed by atoms with Crippen LogP contribution in [0.2, 0.25) is 0 Å². The zero-order valence-electron chi connectivity index (χ0n) is 33.7. The van der Waals surface area contributed by atoms with Gasteiger partial charge in [0.25, 0.3) is 0 Å². The molecule has 12 aromatic rings. The lowest BCUT2D eigenvalue weighted by Crippen LogP contribution is -2.39. The Morgan fingerprint density at radius 3 is 1.87 bits per heavy atom. The van der Waals surface area contributed by atoms with Crippen LogP contribution < -0.4 is 0 Å². The first kappa shape index (κ1) is 34.3. The van der Waals surface area contributed by atoms with Gasteiger partial charge in [-0.3, -0.25) is 14.6 Å². The molecule has 0 spiro atoms. The SMILES string of the molecule is CC12N=C(n3c4cc5ccccc5cc4c4c5c6ccccc6c6ccccc6c5ccc43)C(c3cccc4c3c3ccccc3n4-c3ccccc3)=NC1Sc1ccccc12. The van der Waals surface area contributed by atoms with E-state index in [-0.39, 0.29) is 5.37 Å². The fourth-order valence-electron chi connectivity index (χ4n) is 10.9. The van der Waals surface area contributed by atoms with E-state index < -0.39 is 5.54 Å². The van der Waals surface area contributed by atoms with Crippen LogP contribution in [0.5, 0.6) is 0 Å². The molecule has 2 aliphatic heterocycles. The maximum Gasteiger partial charge on any atom is 0.160 e. The third kappa shape index (κ3) is 4.53. The Bertz CT molecular complexity index is 3950. The van der Waals surface area contributed by atoms with Gasteiger partial charge < -0.3 is 4.57 Å². The summed E-state index contributed by atoms with van der Waals surface area (Å²) < 4.78 is 4.86. The summed E-state index contributed by atoms with van der Waals surface area (Å²) in [5.74, 6) is 0.866. The number of para-hydroxylation sites is 2. The second kappa shape index (κ2) is 12.5. The van der Waals surface area contributed by atoms with E-state index in [0.29, 0.717) is 0 Å². The Morgan fingerprint density at radius 2 is 1.06 bits per heavy atom. The lowest BCUT2D eigenvalue weighted by Gasteiger charge is -2.32. The number of aliphatic imine (C=N–C) groups is 2. The number of thioether (sulfide) groups is 1. The van der Waals surface area contributed by atoms with Crippen LogP contribution in [0, 0.1) is 0 Å². The second-order valence-corrected chi connectivity index (χ2v) is 18.1. The van der Waals surface area contributed by atoms with E-state index in [9.17, 15) is 0 Å². The fraction of sp³-hybridized carbons (Fsp3) is 0.0526. The van der Waals surface area contributed by atoms with Gasteiger partial charge in [-0.2, -0.15) is 0 Å². The van der Waals surface area contributed by atoms with E-state index in [1.807, 2.05) is 11.8 Å². The predicted molar refractivity (Wildman–Crippen MR) is 263 cm³/mol. The molecular formula is C57H36N4S. The molecule has 0 fully saturated rings. The summed E-state index contributed by atoms with van der Waals surface area (Å²) in [5, 5.41) is 14.7. The monoisotopic (exact) mass is 808 g/mol. The maximum atomic E-state index is 6.06. The highest BCUT2D eigenvalue weighted by molar-refractivity contribution is 8.00. The van der Waals surface area contributed by atoms with Gasteiger partial charge in [0, 0.05) is 43.1 Å². The van der Waals surface area contributed by atoms with E-state index in [0.717, 1.165) is 44.9 Å². The summed E-state index contributed by atoms with van der Waals surface area (Å²) in [7, 11) is 0. The molecule has 0 bridgehead atoms. The molecule has 0 radical (unpaired) electrons. The number of aromatic nitrogens is 2. The van der Waals surface area contributed by atoms with E-state index in [1.54, 1.807) is 0 Å². The van der Waals surface area contributed by atoms with Crippen molar-refractivity contribution in [3.63, 3.8) is 0 Å². The Kier molecular flexibility index (Phi) is 6.93. The molecule has 0 saturated carbocycles. The topological polar surface area (TPSA) is 34.6 Å². The number of fused-ring (bicyclic) bond motifs is 17. The van der Waals surface area contributed by atoms with Crippen LogP contribution in [-0.4, -0.2) is 26.1 Å². The van der Waals surface area contributed by atoms with Gasteiger partial charge >= 0.3 is 0 Å². The zero-order valence-corrected chi connectivity index (χ0v) is 34.6. The van der Waals surface area contributed by atoms with Crippen LogP contribution in [0.4, 0.5) is 0 Å². The molecule has 2 atom stereocenters. The quantitative estimate of drug-likeness (QED) is 0.160. The standard InChI is InChI=1S/C57H36N4S/c1-57-45-26-12-14-29-50(45)62-56(57)58-54(43-25-15-28-47-51(43)42-24-11-13-27-46(42)60(47)36-18-3-2-4-19-36)55(59-57)61-48-31-30-41-39-22-8-7-20-37(39)38-21-9-10-23-40(38)52(41)53(48)44-32-34-16-5-6-17-35(34)33-49(44)61/h2-33,56H,1H3. The van der Waals surface area contributed by atoms with E-state index in [2.05, 4.69) is 210 Å². The van der Waals surface area contributed by atoms with Crippen molar-refractivity contribution in [2.45, 2.75) is 22.7 Å². The Labute approximate surface area is 361 Å². The summed E-state index contributed by atoms with van der Waals surface area (Å²) in [5.41, 5.74) is 8.30. The Balaban J connectivity index is 1.16. The summed E-state index contributed by atoms with van der Waals surface area (Å²) in [6.45, 7) is 2.29. The van der Waals surface area contributed by atoms with Gasteiger partial charge in [-0.05, 0) is 98.7 Å². The number of rotatable bonds is 2. The highest BCUT2D eigenvalue weighted by Crippen LogP contribution is 2.53. The molecule has 2 aliphatic rings. The molecule has 62 heavy (non-hydrogen) atoms. The molecule has 290 valence electrons. The van der Waals surface area contributed by atoms with Gasteiger partial charge in [0.05, 0.1) is 22.1 Å². The molecule has 5 heteroatoms. The molecule has 4 heterocycles. The molecule has 4 nitrogen and oxygen atoms in total. The number of hydrogen-bond donors (Lipinski definition) is 0. The Morgan fingerprint density at radius 1 is 0.452 bits per heavy atom. The van der Waals surface area contributed by atoms with Crippen LogP contribution in [0.15, 0.2) is 209 Å². The van der Waals surface area contributed by atoms with Crippen molar-refractivity contribution in [3.05, 3.63) is 205 Å². The molecule has 0 saturated heterocycles. The third-order valence-corrected chi connectivity index (χ3v) is 15.0. The van der Waals surface area contributed by atoms with E-state index in [1.165, 1.54) is 75.1 Å². The first-order chi connectivity index (χ1) is 30.6. The lowest BCUT2D eigenvalue weighted by atomic mass is 9.90. The fourth-order valence-corrected chi connectivity index (χ4v) is 12.3.